The second-order valence-electron chi connectivity index (χ2n) is 5.64. The van der Waals surface area contributed by atoms with E-state index in [1.807, 2.05) is 20.8 Å². The van der Waals surface area contributed by atoms with Crippen LogP contribution in [0.15, 0.2) is 0 Å². The number of hydrogen-bond acceptors (Lipinski definition) is 4. The minimum Gasteiger partial charge on any atom is -0.462 e. The van der Waals surface area contributed by atoms with Gasteiger partial charge in [0.1, 0.15) is 5.00 Å². The van der Waals surface area contributed by atoms with Gasteiger partial charge in [0.15, 0.2) is 5.11 Å². The summed E-state index contributed by atoms with van der Waals surface area (Å²) in [4.78, 5) is 13.3. The van der Waals surface area contributed by atoms with Crippen molar-refractivity contribution in [3.05, 3.63) is 16.0 Å². The SMILES string of the molecule is CCOC(=O)c1c(NC(=S)NC2CCCCC2)sc(C)c1C. The Morgan fingerprint density at radius 1 is 1.32 bits per heavy atom. The molecule has 0 spiro atoms. The summed E-state index contributed by atoms with van der Waals surface area (Å²) in [6, 6.07) is 0.446. The first-order valence-electron chi connectivity index (χ1n) is 7.87. The van der Waals surface area contributed by atoms with E-state index < -0.39 is 0 Å². The number of nitrogens with one attached hydrogen (secondary N) is 2. The van der Waals surface area contributed by atoms with Gasteiger partial charge < -0.3 is 15.4 Å². The number of esters is 1. The van der Waals surface area contributed by atoms with E-state index in [0.29, 0.717) is 23.3 Å². The van der Waals surface area contributed by atoms with Crippen molar-refractivity contribution in [1.29, 1.82) is 0 Å². The Balaban J connectivity index is 2.06. The lowest BCUT2D eigenvalue weighted by Gasteiger charge is -2.24. The van der Waals surface area contributed by atoms with Crippen LogP contribution < -0.4 is 10.6 Å². The number of thiocarbonyl (C=S) groups is 1. The van der Waals surface area contributed by atoms with Gasteiger partial charge >= 0.3 is 5.97 Å². The van der Waals surface area contributed by atoms with Gasteiger partial charge in [0, 0.05) is 10.9 Å². The van der Waals surface area contributed by atoms with Crippen LogP contribution >= 0.6 is 23.6 Å². The lowest BCUT2D eigenvalue weighted by Crippen LogP contribution is -2.38. The number of carbonyl (C=O) groups is 1. The highest BCUT2D eigenvalue weighted by molar-refractivity contribution is 7.80. The Labute approximate surface area is 141 Å². The molecule has 1 aliphatic rings. The van der Waals surface area contributed by atoms with Crippen LogP contribution in [0.2, 0.25) is 0 Å². The topological polar surface area (TPSA) is 50.4 Å². The van der Waals surface area contributed by atoms with Crippen LogP contribution in [0.25, 0.3) is 0 Å². The zero-order valence-electron chi connectivity index (χ0n) is 13.5. The van der Waals surface area contributed by atoms with E-state index in [1.54, 1.807) is 11.3 Å². The van der Waals surface area contributed by atoms with Gasteiger partial charge in [0.2, 0.25) is 0 Å². The highest BCUT2D eigenvalue weighted by atomic mass is 32.1. The van der Waals surface area contributed by atoms with Crippen LogP contribution in [0.4, 0.5) is 5.00 Å². The van der Waals surface area contributed by atoms with E-state index in [9.17, 15) is 4.79 Å². The van der Waals surface area contributed by atoms with Crippen molar-refractivity contribution in [3.63, 3.8) is 0 Å². The first kappa shape index (κ1) is 17.2. The van der Waals surface area contributed by atoms with Gasteiger partial charge in [-0.1, -0.05) is 19.3 Å². The average Bonchev–Trinajstić information content (AvgIpc) is 2.74. The Bertz CT molecular complexity index is 549. The van der Waals surface area contributed by atoms with Crippen molar-refractivity contribution in [2.75, 3.05) is 11.9 Å². The van der Waals surface area contributed by atoms with Gasteiger partial charge in [-0.05, 0) is 51.4 Å². The van der Waals surface area contributed by atoms with Gasteiger partial charge in [0.25, 0.3) is 0 Å². The van der Waals surface area contributed by atoms with E-state index >= 15 is 0 Å². The van der Waals surface area contributed by atoms with Crippen LogP contribution in [0, 0.1) is 13.8 Å². The van der Waals surface area contributed by atoms with Gasteiger partial charge in [0.05, 0.1) is 12.2 Å². The Hall–Kier alpha value is -1.14. The minimum absolute atomic E-state index is 0.285. The summed E-state index contributed by atoms with van der Waals surface area (Å²) in [5, 5.41) is 7.94. The third kappa shape index (κ3) is 4.20. The molecule has 1 fully saturated rings. The highest BCUT2D eigenvalue weighted by Crippen LogP contribution is 2.33. The molecule has 0 radical (unpaired) electrons. The fraction of sp³-hybridized carbons (Fsp3) is 0.625. The van der Waals surface area contributed by atoms with Crippen molar-refractivity contribution < 1.29 is 9.53 Å². The summed E-state index contributed by atoms with van der Waals surface area (Å²) in [5.74, 6) is -0.285. The maximum absolute atomic E-state index is 12.2. The molecule has 0 atom stereocenters. The summed E-state index contributed by atoms with van der Waals surface area (Å²) in [6.45, 7) is 6.14. The molecular formula is C16H24N2O2S2. The number of carbonyl (C=O) groups excluding carboxylic acids is 1. The van der Waals surface area contributed by atoms with Crippen LogP contribution in [0.1, 0.15) is 59.8 Å². The zero-order valence-corrected chi connectivity index (χ0v) is 15.1. The maximum Gasteiger partial charge on any atom is 0.341 e. The molecule has 2 rings (SSSR count). The Morgan fingerprint density at radius 2 is 2.00 bits per heavy atom. The van der Waals surface area contributed by atoms with E-state index in [0.717, 1.165) is 28.3 Å². The molecule has 122 valence electrons. The minimum atomic E-state index is -0.285. The maximum atomic E-state index is 12.2. The van der Waals surface area contributed by atoms with Crippen molar-refractivity contribution >= 4 is 39.6 Å². The molecule has 0 amide bonds. The molecule has 2 N–H and O–H groups in total. The Kier molecular flexibility index (Phi) is 6.20. The number of thiophene rings is 1. The molecule has 1 aliphatic carbocycles. The van der Waals surface area contributed by atoms with Crippen molar-refractivity contribution in [2.24, 2.45) is 0 Å². The number of aryl methyl sites for hydroxylation is 1. The quantitative estimate of drug-likeness (QED) is 0.637. The largest absolute Gasteiger partial charge is 0.462 e. The van der Waals surface area contributed by atoms with Crippen LogP contribution in [0.3, 0.4) is 0 Å². The molecule has 1 heterocycles. The van der Waals surface area contributed by atoms with Crippen LogP contribution in [-0.4, -0.2) is 23.7 Å². The molecule has 6 heteroatoms. The first-order chi connectivity index (χ1) is 10.5. The lowest BCUT2D eigenvalue weighted by atomic mass is 9.96. The van der Waals surface area contributed by atoms with E-state index in [1.165, 1.54) is 19.3 Å². The summed E-state index contributed by atoms with van der Waals surface area (Å²) in [7, 11) is 0. The predicted molar refractivity (Wildman–Crippen MR) is 96.0 cm³/mol. The molecule has 0 aromatic carbocycles. The molecule has 0 bridgehead atoms. The van der Waals surface area contributed by atoms with Gasteiger partial charge in [-0.15, -0.1) is 11.3 Å². The summed E-state index contributed by atoms with van der Waals surface area (Å²) in [5.41, 5.74) is 1.57. The van der Waals surface area contributed by atoms with Gasteiger partial charge in [-0.2, -0.15) is 0 Å². The standard InChI is InChI=1S/C16H24N2O2S2/c1-4-20-15(19)13-10(2)11(3)22-14(13)18-16(21)17-12-8-6-5-7-9-12/h12H,4-9H2,1-3H3,(H2,17,18,21). The number of rotatable bonds is 4. The van der Waals surface area contributed by atoms with E-state index in [2.05, 4.69) is 10.6 Å². The smallest absolute Gasteiger partial charge is 0.341 e. The molecule has 0 saturated heterocycles. The molecule has 1 aromatic heterocycles. The second-order valence-corrected chi connectivity index (χ2v) is 7.27. The molecule has 22 heavy (non-hydrogen) atoms. The van der Waals surface area contributed by atoms with Crippen molar-refractivity contribution in [2.45, 2.75) is 58.9 Å². The zero-order chi connectivity index (χ0) is 16.1. The fourth-order valence-corrected chi connectivity index (χ4v) is 4.12. The summed E-state index contributed by atoms with van der Waals surface area (Å²) >= 11 is 6.96. The average molecular weight is 341 g/mol. The predicted octanol–water partition coefficient (Wildman–Crippen LogP) is 4.16. The van der Waals surface area contributed by atoms with E-state index in [4.69, 9.17) is 17.0 Å². The number of ether oxygens (including phenoxy) is 1. The molecule has 4 nitrogen and oxygen atoms in total. The number of hydrogen-bond donors (Lipinski definition) is 2. The second kappa shape index (κ2) is 7.92. The van der Waals surface area contributed by atoms with Gasteiger partial charge in [-0.3, -0.25) is 0 Å². The van der Waals surface area contributed by atoms with Crippen LogP contribution in [0.5, 0.6) is 0 Å². The van der Waals surface area contributed by atoms with E-state index in [-0.39, 0.29) is 5.97 Å². The molecule has 0 aliphatic heterocycles. The Morgan fingerprint density at radius 3 is 2.64 bits per heavy atom. The molecule has 1 aromatic rings. The monoisotopic (exact) mass is 340 g/mol. The molecular weight excluding hydrogens is 316 g/mol. The lowest BCUT2D eigenvalue weighted by molar-refractivity contribution is 0.0527. The normalized spacial score (nSPS) is 15.4. The third-order valence-corrected chi connectivity index (χ3v) is 5.37. The molecule has 0 unspecified atom stereocenters. The summed E-state index contributed by atoms with van der Waals surface area (Å²) < 4.78 is 5.16. The van der Waals surface area contributed by atoms with Crippen molar-refractivity contribution in [3.8, 4) is 0 Å². The van der Waals surface area contributed by atoms with Crippen LogP contribution in [-0.2, 0) is 4.74 Å². The number of anilines is 1. The molecule has 1 saturated carbocycles. The third-order valence-electron chi connectivity index (χ3n) is 4.03. The summed E-state index contributed by atoms with van der Waals surface area (Å²) in [6.07, 6.45) is 6.15. The van der Waals surface area contributed by atoms with Crippen molar-refractivity contribution in [1.82, 2.24) is 5.32 Å². The highest BCUT2D eigenvalue weighted by Gasteiger charge is 2.22. The van der Waals surface area contributed by atoms with Gasteiger partial charge in [-0.25, -0.2) is 4.79 Å². The fourth-order valence-electron chi connectivity index (χ4n) is 2.74. The first-order valence-corrected chi connectivity index (χ1v) is 9.10.